The van der Waals surface area contributed by atoms with Gasteiger partial charge in [-0.05, 0) is 0 Å². The van der Waals surface area contributed by atoms with E-state index in [1.165, 1.54) is 0 Å². The SMILES string of the molecule is Sc1c[nH][c]n1. The minimum absolute atomic E-state index is 0.676. The van der Waals surface area contributed by atoms with Crippen molar-refractivity contribution >= 4 is 12.6 Å². The molecule has 0 aromatic carbocycles. The van der Waals surface area contributed by atoms with Crippen molar-refractivity contribution in [1.29, 1.82) is 0 Å². The minimum atomic E-state index is 0.676. The van der Waals surface area contributed by atoms with Gasteiger partial charge in [0, 0.05) is 6.20 Å². The van der Waals surface area contributed by atoms with Crippen molar-refractivity contribution < 1.29 is 0 Å². The first kappa shape index (κ1) is 3.74. The highest BCUT2D eigenvalue weighted by molar-refractivity contribution is 7.80. The molecular formula is C3H3N2S. The first-order chi connectivity index (χ1) is 2.89. The third-order valence-electron chi connectivity index (χ3n) is 0.436. The van der Waals surface area contributed by atoms with Gasteiger partial charge in [-0.15, -0.1) is 12.6 Å². The van der Waals surface area contributed by atoms with E-state index in [-0.39, 0.29) is 0 Å². The number of nitrogens with zero attached hydrogens (tertiary/aromatic N) is 1. The Hall–Kier alpha value is -0.440. The molecule has 31 valence electrons. The molecule has 0 amide bonds. The average Bonchev–Trinajstić information content (AvgIpc) is 1.86. The highest BCUT2D eigenvalue weighted by Gasteiger charge is 1.77. The Kier molecular flexibility index (Phi) is 0.837. The van der Waals surface area contributed by atoms with Crippen LogP contribution in [0, 0.1) is 6.33 Å². The average molecular weight is 99.1 g/mol. The zero-order valence-corrected chi connectivity index (χ0v) is 3.87. The van der Waals surface area contributed by atoms with Crippen molar-refractivity contribution in [2.75, 3.05) is 0 Å². The van der Waals surface area contributed by atoms with Crippen molar-refractivity contribution in [2.45, 2.75) is 5.03 Å². The number of H-pyrrole nitrogens is 1. The van der Waals surface area contributed by atoms with E-state index in [4.69, 9.17) is 0 Å². The topological polar surface area (TPSA) is 28.7 Å². The van der Waals surface area contributed by atoms with Gasteiger partial charge in [0.15, 0.2) is 6.33 Å². The summed E-state index contributed by atoms with van der Waals surface area (Å²) in [7, 11) is 0. The largest absolute Gasteiger partial charge is 0.341 e. The number of aromatic nitrogens is 2. The molecule has 0 aliphatic carbocycles. The number of hydrogen-bond acceptors (Lipinski definition) is 2. The van der Waals surface area contributed by atoms with Gasteiger partial charge >= 0.3 is 0 Å². The standard InChI is InChI=1S/C3H3N2S/c6-3-1-4-2-5-3/h1,6H,(H,4,5). The van der Waals surface area contributed by atoms with Gasteiger partial charge in [-0.3, -0.25) is 0 Å². The Bertz CT molecular complexity index is 112. The van der Waals surface area contributed by atoms with E-state index >= 15 is 0 Å². The van der Waals surface area contributed by atoms with Gasteiger partial charge in [-0.1, -0.05) is 0 Å². The molecule has 0 unspecified atom stereocenters. The van der Waals surface area contributed by atoms with Gasteiger partial charge < -0.3 is 4.98 Å². The molecule has 3 heteroatoms. The van der Waals surface area contributed by atoms with Crippen molar-refractivity contribution in [3.8, 4) is 0 Å². The maximum atomic E-state index is 3.86. The van der Waals surface area contributed by atoms with Crippen molar-refractivity contribution in [2.24, 2.45) is 0 Å². The maximum Gasteiger partial charge on any atom is 0.174 e. The number of thiol groups is 1. The third-order valence-corrected chi connectivity index (χ3v) is 0.665. The van der Waals surface area contributed by atoms with Gasteiger partial charge in [0.05, 0.1) is 0 Å². The summed E-state index contributed by atoms with van der Waals surface area (Å²) in [6.45, 7) is 0. The molecule has 1 radical (unpaired) electrons. The van der Waals surface area contributed by atoms with Crippen LogP contribution in [0.3, 0.4) is 0 Å². The second kappa shape index (κ2) is 1.34. The van der Waals surface area contributed by atoms with Crippen molar-refractivity contribution in [3.05, 3.63) is 12.5 Å². The molecule has 0 fully saturated rings. The first-order valence-electron chi connectivity index (χ1n) is 1.50. The zero-order valence-electron chi connectivity index (χ0n) is 2.97. The van der Waals surface area contributed by atoms with Gasteiger partial charge in [0.1, 0.15) is 5.03 Å². The highest BCUT2D eigenvalue weighted by Crippen LogP contribution is 1.92. The number of hydrogen-bond donors (Lipinski definition) is 2. The molecule has 2 nitrogen and oxygen atoms in total. The monoisotopic (exact) mass is 99.0 g/mol. The quantitative estimate of drug-likeness (QED) is 0.455. The van der Waals surface area contributed by atoms with Crippen LogP contribution in [-0.4, -0.2) is 9.97 Å². The summed E-state index contributed by atoms with van der Waals surface area (Å²) in [5, 5.41) is 0.676. The van der Waals surface area contributed by atoms with Crippen LogP contribution in [0.15, 0.2) is 11.2 Å². The zero-order chi connectivity index (χ0) is 4.41. The summed E-state index contributed by atoms with van der Waals surface area (Å²) in [5.41, 5.74) is 0. The molecule has 1 aromatic heterocycles. The predicted octanol–water partition coefficient (Wildman–Crippen LogP) is 0.499. The van der Waals surface area contributed by atoms with Gasteiger partial charge in [-0.25, -0.2) is 4.98 Å². The fourth-order valence-corrected chi connectivity index (χ4v) is 0.333. The van der Waals surface area contributed by atoms with Crippen LogP contribution < -0.4 is 0 Å². The molecule has 1 heterocycles. The van der Waals surface area contributed by atoms with Crippen LogP contribution in [0.25, 0.3) is 0 Å². The molecule has 0 saturated heterocycles. The fourth-order valence-electron chi connectivity index (χ4n) is 0.219. The molecule has 0 atom stereocenters. The van der Waals surface area contributed by atoms with Crippen LogP contribution in [0.2, 0.25) is 0 Å². The number of aromatic amines is 1. The van der Waals surface area contributed by atoms with E-state index in [9.17, 15) is 0 Å². The Labute approximate surface area is 41.0 Å². The van der Waals surface area contributed by atoms with Crippen LogP contribution in [0.5, 0.6) is 0 Å². The second-order valence-electron chi connectivity index (χ2n) is 0.870. The lowest BCUT2D eigenvalue weighted by atomic mass is 11.0. The molecule has 0 aliphatic rings. The minimum Gasteiger partial charge on any atom is -0.341 e. The molecule has 6 heavy (non-hydrogen) atoms. The summed E-state index contributed by atoms with van der Waals surface area (Å²) < 4.78 is 0. The summed E-state index contributed by atoms with van der Waals surface area (Å²) in [5.74, 6) is 0. The van der Waals surface area contributed by atoms with E-state index in [0.29, 0.717) is 5.03 Å². The lowest BCUT2D eigenvalue weighted by Gasteiger charge is -1.63. The van der Waals surface area contributed by atoms with Gasteiger partial charge in [0.2, 0.25) is 0 Å². The van der Waals surface area contributed by atoms with Crippen molar-refractivity contribution in [1.82, 2.24) is 9.97 Å². The molecule has 0 bridgehead atoms. The third kappa shape index (κ3) is 0.542. The lowest BCUT2D eigenvalue weighted by molar-refractivity contribution is 1.20. The van der Waals surface area contributed by atoms with Crippen molar-refractivity contribution in [3.63, 3.8) is 0 Å². The fraction of sp³-hybridized carbons (Fsp3) is 0. The second-order valence-corrected chi connectivity index (χ2v) is 1.33. The van der Waals surface area contributed by atoms with E-state index in [1.54, 1.807) is 6.20 Å². The molecule has 0 aliphatic heterocycles. The first-order valence-corrected chi connectivity index (χ1v) is 1.95. The summed E-state index contributed by atoms with van der Waals surface area (Å²) in [6, 6.07) is 0. The summed E-state index contributed by atoms with van der Waals surface area (Å²) >= 11 is 3.86. The Morgan fingerprint density at radius 1 is 2.00 bits per heavy atom. The summed E-state index contributed by atoms with van der Waals surface area (Å²) in [4.78, 5) is 6.22. The Morgan fingerprint density at radius 2 is 2.83 bits per heavy atom. The normalized spacial score (nSPS) is 8.83. The molecule has 0 saturated carbocycles. The molecule has 1 aromatic rings. The maximum absolute atomic E-state index is 3.86. The van der Waals surface area contributed by atoms with Crippen LogP contribution in [0.4, 0.5) is 0 Å². The number of imidazole rings is 1. The Balaban J connectivity index is 3.05. The Morgan fingerprint density at radius 3 is 3.00 bits per heavy atom. The molecule has 1 rings (SSSR count). The van der Waals surface area contributed by atoms with Gasteiger partial charge in [-0.2, -0.15) is 0 Å². The van der Waals surface area contributed by atoms with E-state index in [1.807, 2.05) is 0 Å². The molecule has 1 N–H and O–H groups in total. The van der Waals surface area contributed by atoms with E-state index in [0.717, 1.165) is 0 Å². The van der Waals surface area contributed by atoms with Gasteiger partial charge in [0.25, 0.3) is 0 Å². The number of rotatable bonds is 0. The molecular weight excluding hydrogens is 96.1 g/mol. The number of nitrogens with one attached hydrogen (secondary N) is 1. The predicted molar refractivity (Wildman–Crippen MR) is 24.7 cm³/mol. The van der Waals surface area contributed by atoms with E-state index < -0.39 is 0 Å². The van der Waals surface area contributed by atoms with Crippen LogP contribution in [0.1, 0.15) is 0 Å². The molecule has 0 spiro atoms. The lowest BCUT2D eigenvalue weighted by Crippen LogP contribution is -1.52. The smallest absolute Gasteiger partial charge is 0.174 e. The van der Waals surface area contributed by atoms with Crippen LogP contribution >= 0.6 is 12.6 Å². The summed E-state index contributed by atoms with van der Waals surface area (Å²) in [6.07, 6.45) is 4.13. The highest BCUT2D eigenvalue weighted by atomic mass is 32.1. The van der Waals surface area contributed by atoms with E-state index in [2.05, 4.69) is 28.9 Å². The van der Waals surface area contributed by atoms with Crippen LogP contribution in [-0.2, 0) is 0 Å².